The van der Waals surface area contributed by atoms with Crippen molar-refractivity contribution in [1.29, 1.82) is 0 Å². The highest BCUT2D eigenvalue weighted by atomic mass is 32.2. The van der Waals surface area contributed by atoms with Crippen LogP contribution >= 0.6 is 11.8 Å². The molecule has 3 unspecified atom stereocenters. The fourth-order valence-corrected chi connectivity index (χ4v) is 7.37. The lowest BCUT2D eigenvalue weighted by atomic mass is 9.86. The van der Waals surface area contributed by atoms with Gasteiger partial charge in [0.15, 0.2) is 0 Å². The first kappa shape index (κ1) is 25.8. The van der Waals surface area contributed by atoms with Crippen LogP contribution in [-0.2, 0) is 16.0 Å². The Morgan fingerprint density at radius 2 is 2.14 bits per heavy atom. The summed E-state index contributed by atoms with van der Waals surface area (Å²) < 4.78 is 0. The monoisotopic (exact) mass is 524 g/mol. The molecule has 3 N–H and O–H groups in total. The second-order valence-corrected chi connectivity index (χ2v) is 11.9. The molecule has 4 aliphatic rings. The molecule has 1 aromatic heterocycles. The molecule has 10 heteroatoms. The van der Waals surface area contributed by atoms with Crippen LogP contribution in [-0.4, -0.2) is 64.8 Å². The summed E-state index contributed by atoms with van der Waals surface area (Å²) in [6.07, 6.45) is 4.65. The van der Waals surface area contributed by atoms with E-state index in [1.54, 1.807) is 4.90 Å². The summed E-state index contributed by atoms with van der Waals surface area (Å²) in [5.74, 6) is 0.193. The first-order valence-electron chi connectivity index (χ1n) is 13.2. The third kappa shape index (κ3) is 5.01. The highest BCUT2D eigenvalue weighted by Gasteiger charge is 2.52. The van der Waals surface area contributed by atoms with Crippen LogP contribution in [0.4, 0.5) is 10.5 Å². The van der Waals surface area contributed by atoms with Gasteiger partial charge < -0.3 is 20.9 Å². The van der Waals surface area contributed by atoms with Gasteiger partial charge in [0.25, 0.3) is 5.91 Å². The molecule has 3 fully saturated rings. The molecular formula is C27H36N6O3S. The maximum Gasteiger partial charge on any atom is 0.326 e. The molecule has 3 saturated heterocycles. The van der Waals surface area contributed by atoms with Crippen LogP contribution in [0.1, 0.15) is 44.5 Å². The lowest BCUT2D eigenvalue weighted by Gasteiger charge is -2.46. The lowest BCUT2D eigenvalue weighted by molar-refractivity contribution is -0.128. The van der Waals surface area contributed by atoms with E-state index in [1.807, 2.05) is 24.0 Å². The van der Waals surface area contributed by atoms with Gasteiger partial charge in [-0.15, -0.1) is 0 Å². The summed E-state index contributed by atoms with van der Waals surface area (Å²) in [5, 5.41) is 9.75. The van der Waals surface area contributed by atoms with Gasteiger partial charge >= 0.3 is 6.03 Å². The molecule has 0 saturated carbocycles. The first-order chi connectivity index (χ1) is 17.8. The number of rotatable bonds is 6. The lowest BCUT2D eigenvalue weighted by Crippen LogP contribution is -2.62. The molecule has 5 rings (SSSR count). The van der Waals surface area contributed by atoms with Gasteiger partial charge in [-0.05, 0) is 63.3 Å². The molecule has 0 bridgehead atoms. The number of nitrogens with one attached hydrogen (secondary N) is 3. The van der Waals surface area contributed by atoms with Gasteiger partial charge in [-0.1, -0.05) is 32.2 Å². The molecule has 4 atom stereocenters. The summed E-state index contributed by atoms with van der Waals surface area (Å²) in [6.45, 7) is 11.8. The van der Waals surface area contributed by atoms with Crippen molar-refractivity contribution in [3.05, 3.63) is 46.8 Å². The zero-order valence-electron chi connectivity index (χ0n) is 21.8. The normalized spacial score (nSPS) is 27.2. The maximum absolute atomic E-state index is 13.5. The Morgan fingerprint density at radius 3 is 2.86 bits per heavy atom. The highest BCUT2D eigenvalue weighted by Crippen LogP contribution is 2.48. The number of anilines is 1. The van der Waals surface area contributed by atoms with E-state index in [0.29, 0.717) is 29.6 Å². The van der Waals surface area contributed by atoms with Crippen molar-refractivity contribution in [1.82, 2.24) is 25.8 Å². The number of piperidine rings is 2. The van der Waals surface area contributed by atoms with Crippen LogP contribution in [0.15, 0.2) is 35.4 Å². The minimum absolute atomic E-state index is 0.0104. The number of urea groups is 1. The molecular weight excluding hydrogens is 488 g/mol. The minimum Gasteiger partial charge on any atom is -0.347 e. The van der Waals surface area contributed by atoms with Gasteiger partial charge in [0.2, 0.25) is 5.91 Å². The van der Waals surface area contributed by atoms with Crippen molar-refractivity contribution in [3.63, 3.8) is 0 Å². The number of likely N-dealkylation sites (tertiary alicyclic amines) is 1. The second kappa shape index (κ2) is 10.5. The molecule has 0 aromatic carbocycles. The van der Waals surface area contributed by atoms with Crippen LogP contribution in [0.25, 0.3) is 0 Å². The summed E-state index contributed by atoms with van der Waals surface area (Å²) in [7, 11) is 0. The second-order valence-electron chi connectivity index (χ2n) is 10.7. The number of aromatic nitrogens is 1. The Bertz CT molecular complexity index is 1150. The number of amides is 4. The predicted molar refractivity (Wildman–Crippen MR) is 145 cm³/mol. The molecule has 9 nitrogen and oxygen atoms in total. The molecule has 0 radical (unpaired) electrons. The minimum atomic E-state index is -0.216. The zero-order valence-corrected chi connectivity index (χ0v) is 22.6. The predicted octanol–water partition coefficient (Wildman–Crippen LogP) is 2.67. The van der Waals surface area contributed by atoms with Crippen molar-refractivity contribution in [3.8, 4) is 0 Å². The Kier molecular flexibility index (Phi) is 7.31. The van der Waals surface area contributed by atoms with Gasteiger partial charge in [0, 0.05) is 36.4 Å². The molecule has 4 aliphatic heterocycles. The number of carbonyl (C=O) groups is 3. The number of pyridine rings is 1. The number of nitrogens with zero attached hydrogens (tertiary/aromatic N) is 3. The molecule has 198 valence electrons. The third-order valence-electron chi connectivity index (χ3n) is 7.58. The van der Waals surface area contributed by atoms with Crippen molar-refractivity contribution >= 4 is 35.3 Å². The topological polar surface area (TPSA) is 107 Å². The Hall–Kier alpha value is -2.85. The standard InChI is InChI=1S/C27H36N6O3S/c1-5-21(34)32-12-6-7-18(14-32)30-25(35)24-23-22-20(10-11-28-26(22)37-24)33(27(36)31-23)19-9-8-17(13-15(2)3)29-16(19)4/h5,8-9,15,18,20,22,26,28H,1,6-7,10-14H2,2-4H3,(H,30,35)(H,31,36)/t18-,20?,22?,26?/m1/s1. The van der Waals surface area contributed by atoms with Crippen molar-refractivity contribution < 1.29 is 14.4 Å². The Balaban J connectivity index is 1.37. The number of thioether (sulfide) groups is 1. The number of aryl methyl sites for hydroxylation is 1. The van der Waals surface area contributed by atoms with Crippen LogP contribution in [0, 0.1) is 18.8 Å². The molecule has 1 aromatic rings. The highest BCUT2D eigenvalue weighted by molar-refractivity contribution is 8.04. The van der Waals surface area contributed by atoms with Gasteiger partial charge in [-0.3, -0.25) is 19.5 Å². The van der Waals surface area contributed by atoms with E-state index < -0.39 is 0 Å². The first-order valence-corrected chi connectivity index (χ1v) is 14.1. The number of hydrogen-bond donors (Lipinski definition) is 3. The van der Waals surface area contributed by atoms with Crippen LogP contribution in [0.5, 0.6) is 0 Å². The van der Waals surface area contributed by atoms with E-state index in [9.17, 15) is 14.4 Å². The largest absolute Gasteiger partial charge is 0.347 e. The Labute approximate surface area is 222 Å². The molecule has 0 aliphatic carbocycles. The van der Waals surface area contributed by atoms with Crippen molar-refractivity contribution in [2.24, 2.45) is 11.8 Å². The van der Waals surface area contributed by atoms with Gasteiger partial charge in [-0.2, -0.15) is 0 Å². The van der Waals surface area contributed by atoms with Crippen LogP contribution in [0.3, 0.4) is 0 Å². The molecule has 5 heterocycles. The van der Waals surface area contributed by atoms with E-state index in [-0.39, 0.29) is 41.2 Å². The average Bonchev–Trinajstić information content (AvgIpc) is 3.24. The quantitative estimate of drug-likeness (QED) is 0.494. The summed E-state index contributed by atoms with van der Waals surface area (Å²) in [5.41, 5.74) is 3.41. The maximum atomic E-state index is 13.5. The number of carbonyl (C=O) groups excluding carboxylic acids is 3. The molecule has 0 spiro atoms. The summed E-state index contributed by atoms with van der Waals surface area (Å²) in [6, 6.07) is 3.64. The van der Waals surface area contributed by atoms with E-state index >= 15 is 0 Å². The van der Waals surface area contributed by atoms with E-state index in [0.717, 1.165) is 49.3 Å². The fraction of sp³-hybridized carbons (Fsp3) is 0.556. The fourth-order valence-electron chi connectivity index (χ4n) is 5.97. The third-order valence-corrected chi connectivity index (χ3v) is 8.94. The zero-order chi connectivity index (χ0) is 26.3. The Morgan fingerprint density at radius 1 is 1.32 bits per heavy atom. The van der Waals surface area contributed by atoms with E-state index in [1.165, 1.54) is 17.8 Å². The van der Waals surface area contributed by atoms with Gasteiger partial charge in [0.05, 0.1) is 27.7 Å². The van der Waals surface area contributed by atoms with Crippen LogP contribution < -0.4 is 20.9 Å². The van der Waals surface area contributed by atoms with Crippen LogP contribution in [0.2, 0.25) is 0 Å². The van der Waals surface area contributed by atoms with Gasteiger partial charge in [-0.25, -0.2) is 4.79 Å². The molecule has 4 amide bonds. The SMILES string of the molecule is C=CC(=O)N1CCC[C@@H](NC(=O)C2=C3NC(=O)N(c4ccc(CC(C)C)nc4C)C4CCNC(S2)C34)C1. The van der Waals surface area contributed by atoms with Crippen molar-refractivity contribution in [2.75, 3.05) is 24.5 Å². The summed E-state index contributed by atoms with van der Waals surface area (Å²) >= 11 is 1.49. The van der Waals surface area contributed by atoms with Gasteiger partial charge in [0.1, 0.15) is 0 Å². The number of hydrogen-bond acceptors (Lipinski definition) is 6. The molecule has 37 heavy (non-hydrogen) atoms. The van der Waals surface area contributed by atoms with E-state index in [2.05, 4.69) is 36.4 Å². The van der Waals surface area contributed by atoms with E-state index in [4.69, 9.17) is 4.98 Å². The summed E-state index contributed by atoms with van der Waals surface area (Å²) in [4.78, 5) is 47.9. The average molecular weight is 525 g/mol. The van der Waals surface area contributed by atoms with Crippen molar-refractivity contribution in [2.45, 2.75) is 63.9 Å². The smallest absolute Gasteiger partial charge is 0.326 e.